The van der Waals surface area contributed by atoms with Crippen LogP contribution in [0.2, 0.25) is 0 Å². The Morgan fingerprint density at radius 3 is 2.95 bits per heavy atom. The maximum atomic E-state index is 12.2. The van der Waals surface area contributed by atoms with Crippen molar-refractivity contribution in [1.29, 1.82) is 0 Å². The first-order valence-electron chi connectivity index (χ1n) is 6.83. The second-order valence-corrected chi connectivity index (χ2v) is 4.97. The molecular formula is C12H19N5O3. The summed E-state index contributed by atoms with van der Waals surface area (Å²) in [7, 11) is 0. The molecule has 1 fully saturated rings. The van der Waals surface area contributed by atoms with E-state index in [0.29, 0.717) is 5.92 Å². The highest BCUT2D eigenvalue weighted by Crippen LogP contribution is 2.15. The molecule has 0 aliphatic carbocycles. The molecule has 8 nitrogen and oxygen atoms in total. The number of nitrogens with zero attached hydrogens (tertiary/aromatic N) is 5. The van der Waals surface area contributed by atoms with E-state index in [-0.39, 0.29) is 24.9 Å². The lowest BCUT2D eigenvalue weighted by atomic mass is 10.0. The molecule has 0 spiro atoms. The Kier molecular flexibility index (Phi) is 4.65. The third kappa shape index (κ3) is 3.31. The van der Waals surface area contributed by atoms with Crippen LogP contribution in [0.5, 0.6) is 0 Å². The molecule has 110 valence electrons. The van der Waals surface area contributed by atoms with Gasteiger partial charge >= 0.3 is 5.97 Å². The summed E-state index contributed by atoms with van der Waals surface area (Å²) in [5, 5.41) is 10.7. The van der Waals surface area contributed by atoms with E-state index >= 15 is 0 Å². The molecule has 1 aromatic rings. The van der Waals surface area contributed by atoms with Crippen LogP contribution in [0.1, 0.15) is 37.3 Å². The standard InChI is InChI=1S/C12H19N5O3/c1-3-20-12(19)11-13-14-15-17(11)8-10(18)16-6-4-5-9(2)7-16/h9H,3-8H2,1-2H3. The summed E-state index contributed by atoms with van der Waals surface area (Å²) in [6, 6.07) is 0. The molecule has 0 bridgehead atoms. The minimum absolute atomic E-state index is 0.0339. The number of likely N-dealkylation sites (tertiary alicyclic amines) is 1. The van der Waals surface area contributed by atoms with Crippen molar-refractivity contribution in [3.05, 3.63) is 5.82 Å². The van der Waals surface area contributed by atoms with E-state index in [1.807, 2.05) is 0 Å². The zero-order chi connectivity index (χ0) is 14.5. The Morgan fingerprint density at radius 1 is 1.45 bits per heavy atom. The predicted molar refractivity (Wildman–Crippen MR) is 68.8 cm³/mol. The molecule has 0 saturated carbocycles. The van der Waals surface area contributed by atoms with Gasteiger partial charge in [0.2, 0.25) is 5.91 Å². The Morgan fingerprint density at radius 2 is 2.25 bits per heavy atom. The van der Waals surface area contributed by atoms with Crippen LogP contribution in [-0.4, -0.2) is 56.7 Å². The Labute approximate surface area is 117 Å². The van der Waals surface area contributed by atoms with Gasteiger partial charge in [-0.1, -0.05) is 6.92 Å². The van der Waals surface area contributed by atoms with E-state index in [4.69, 9.17) is 4.74 Å². The van der Waals surface area contributed by atoms with Gasteiger partial charge in [0, 0.05) is 13.1 Å². The number of ether oxygens (including phenoxy) is 1. The highest BCUT2D eigenvalue weighted by Gasteiger charge is 2.24. The first-order valence-corrected chi connectivity index (χ1v) is 6.83. The Balaban J connectivity index is 2.01. The summed E-state index contributed by atoms with van der Waals surface area (Å²) in [6.45, 7) is 5.53. The Bertz CT molecular complexity index is 487. The lowest BCUT2D eigenvalue weighted by Crippen LogP contribution is -2.41. The highest BCUT2D eigenvalue weighted by molar-refractivity contribution is 5.86. The fourth-order valence-electron chi connectivity index (χ4n) is 2.30. The topological polar surface area (TPSA) is 90.2 Å². The van der Waals surface area contributed by atoms with Crippen molar-refractivity contribution in [2.45, 2.75) is 33.2 Å². The lowest BCUT2D eigenvalue weighted by molar-refractivity contribution is -0.133. The van der Waals surface area contributed by atoms with Crippen LogP contribution in [0.3, 0.4) is 0 Å². The van der Waals surface area contributed by atoms with Gasteiger partial charge in [0.15, 0.2) is 0 Å². The molecule has 2 rings (SSSR count). The van der Waals surface area contributed by atoms with Crippen molar-refractivity contribution in [3.8, 4) is 0 Å². The third-order valence-corrected chi connectivity index (χ3v) is 3.28. The molecule has 1 aliphatic heterocycles. The number of carbonyl (C=O) groups is 2. The molecule has 1 aromatic heterocycles. The van der Waals surface area contributed by atoms with E-state index in [0.717, 1.165) is 25.9 Å². The normalized spacial score (nSPS) is 18.9. The SMILES string of the molecule is CCOC(=O)c1nnnn1CC(=O)N1CCCC(C)C1. The molecule has 1 aliphatic rings. The number of carbonyl (C=O) groups excluding carboxylic acids is 2. The first-order chi connectivity index (χ1) is 9.61. The van der Waals surface area contributed by atoms with Crippen LogP contribution in [0.15, 0.2) is 0 Å². The minimum Gasteiger partial charge on any atom is -0.460 e. The number of hydrogen-bond acceptors (Lipinski definition) is 6. The van der Waals surface area contributed by atoms with Crippen LogP contribution in [0.4, 0.5) is 0 Å². The van der Waals surface area contributed by atoms with Crippen LogP contribution < -0.4 is 0 Å². The summed E-state index contributed by atoms with van der Waals surface area (Å²) >= 11 is 0. The Hall–Kier alpha value is -1.99. The van der Waals surface area contributed by atoms with Gasteiger partial charge < -0.3 is 9.64 Å². The van der Waals surface area contributed by atoms with Crippen LogP contribution in [0, 0.1) is 5.92 Å². The second-order valence-electron chi connectivity index (χ2n) is 4.97. The van der Waals surface area contributed by atoms with Gasteiger partial charge in [0.1, 0.15) is 6.54 Å². The fourth-order valence-corrected chi connectivity index (χ4v) is 2.30. The van der Waals surface area contributed by atoms with Crippen molar-refractivity contribution in [2.75, 3.05) is 19.7 Å². The van der Waals surface area contributed by atoms with Crippen LogP contribution in [0.25, 0.3) is 0 Å². The molecule has 1 atom stereocenters. The number of rotatable bonds is 4. The number of piperidine rings is 1. The van der Waals surface area contributed by atoms with Gasteiger partial charge in [-0.05, 0) is 36.1 Å². The van der Waals surface area contributed by atoms with Crippen molar-refractivity contribution < 1.29 is 14.3 Å². The predicted octanol–water partition coefficient (Wildman–Crippen LogP) is 0.108. The van der Waals surface area contributed by atoms with Gasteiger partial charge in [0.05, 0.1) is 6.61 Å². The third-order valence-electron chi connectivity index (χ3n) is 3.28. The van der Waals surface area contributed by atoms with Crippen molar-refractivity contribution >= 4 is 11.9 Å². The minimum atomic E-state index is -0.614. The van der Waals surface area contributed by atoms with Crippen molar-refractivity contribution in [1.82, 2.24) is 25.1 Å². The molecule has 1 saturated heterocycles. The first kappa shape index (κ1) is 14.4. The quantitative estimate of drug-likeness (QED) is 0.727. The van der Waals surface area contributed by atoms with E-state index in [9.17, 15) is 9.59 Å². The number of hydrogen-bond donors (Lipinski definition) is 0. The molecule has 8 heteroatoms. The summed E-state index contributed by atoms with van der Waals surface area (Å²) in [5.74, 6) is -0.219. The molecule has 1 amide bonds. The van der Waals surface area contributed by atoms with Crippen molar-refractivity contribution in [3.63, 3.8) is 0 Å². The van der Waals surface area contributed by atoms with E-state index < -0.39 is 5.97 Å². The maximum Gasteiger partial charge on any atom is 0.378 e. The van der Waals surface area contributed by atoms with Gasteiger partial charge in [-0.2, -0.15) is 0 Å². The summed E-state index contributed by atoms with van der Waals surface area (Å²) < 4.78 is 6.04. The number of amides is 1. The molecule has 0 N–H and O–H groups in total. The molecule has 1 unspecified atom stereocenters. The molecular weight excluding hydrogens is 262 g/mol. The molecule has 0 aromatic carbocycles. The number of esters is 1. The average molecular weight is 281 g/mol. The summed E-state index contributed by atoms with van der Waals surface area (Å²) in [4.78, 5) is 25.6. The molecule has 20 heavy (non-hydrogen) atoms. The van der Waals surface area contributed by atoms with Gasteiger partial charge in [-0.25, -0.2) is 9.48 Å². The van der Waals surface area contributed by atoms with Crippen molar-refractivity contribution in [2.24, 2.45) is 5.92 Å². The number of aromatic nitrogens is 4. The van der Waals surface area contributed by atoms with Gasteiger partial charge in [-0.3, -0.25) is 4.79 Å². The zero-order valence-electron chi connectivity index (χ0n) is 11.8. The summed E-state index contributed by atoms with van der Waals surface area (Å²) in [5.41, 5.74) is 0. The molecule has 0 radical (unpaired) electrons. The zero-order valence-corrected chi connectivity index (χ0v) is 11.8. The van der Waals surface area contributed by atoms with E-state index in [1.165, 1.54) is 4.68 Å². The smallest absolute Gasteiger partial charge is 0.378 e. The highest BCUT2D eigenvalue weighted by atomic mass is 16.5. The van der Waals surface area contributed by atoms with Gasteiger partial charge in [-0.15, -0.1) is 5.10 Å². The van der Waals surface area contributed by atoms with Crippen LogP contribution in [-0.2, 0) is 16.1 Å². The van der Waals surface area contributed by atoms with E-state index in [1.54, 1.807) is 11.8 Å². The van der Waals surface area contributed by atoms with Gasteiger partial charge in [0.25, 0.3) is 5.82 Å². The lowest BCUT2D eigenvalue weighted by Gasteiger charge is -2.30. The fraction of sp³-hybridized carbons (Fsp3) is 0.750. The van der Waals surface area contributed by atoms with Crippen LogP contribution >= 0.6 is 0 Å². The maximum absolute atomic E-state index is 12.2. The second kappa shape index (κ2) is 6.44. The number of tetrazole rings is 1. The van der Waals surface area contributed by atoms with E-state index in [2.05, 4.69) is 22.4 Å². The monoisotopic (exact) mass is 281 g/mol. The largest absolute Gasteiger partial charge is 0.460 e. The average Bonchev–Trinajstić information content (AvgIpc) is 2.87. The summed E-state index contributed by atoms with van der Waals surface area (Å²) in [6.07, 6.45) is 2.15. The molecule has 2 heterocycles.